The fraction of sp³-hybridized carbons (Fsp3) is 0.111. The second-order valence-corrected chi connectivity index (χ2v) is 6.78. The Kier molecular flexibility index (Phi) is 5.04. The van der Waals surface area contributed by atoms with Gasteiger partial charge in [-0.2, -0.15) is 0 Å². The number of amides is 1. The molecular formula is C18H13Cl3N2O2. The van der Waals surface area contributed by atoms with Crippen LogP contribution in [0.15, 0.2) is 41.0 Å². The summed E-state index contributed by atoms with van der Waals surface area (Å²) in [6.45, 7) is 3.81. The summed E-state index contributed by atoms with van der Waals surface area (Å²) in [6, 6.07) is 8.69. The molecule has 4 nitrogen and oxygen atoms in total. The molecular weight excluding hydrogens is 383 g/mol. The molecule has 128 valence electrons. The molecule has 3 aromatic rings. The molecule has 0 spiro atoms. The molecule has 1 aromatic heterocycles. The highest BCUT2D eigenvalue weighted by molar-refractivity contribution is 6.42. The van der Waals surface area contributed by atoms with Crippen molar-refractivity contribution in [1.82, 2.24) is 4.98 Å². The van der Waals surface area contributed by atoms with Gasteiger partial charge in [0, 0.05) is 5.56 Å². The first-order valence-electron chi connectivity index (χ1n) is 7.34. The summed E-state index contributed by atoms with van der Waals surface area (Å²) in [4.78, 5) is 16.6. The second-order valence-electron chi connectivity index (χ2n) is 5.56. The van der Waals surface area contributed by atoms with E-state index >= 15 is 0 Å². The molecule has 2 aromatic carbocycles. The van der Waals surface area contributed by atoms with Gasteiger partial charge in [0.15, 0.2) is 5.69 Å². The van der Waals surface area contributed by atoms with Gasteiger partial charge < -0.3 is 9.73 Å². The van der Waals surface area contributed by atoms with Crippen LogP contribution in [0.25, 0.3) is 11.5 Å². The van der Waals surface area contributed by atoms with Gasteiger partial charge in [-0.15, -0.1) is 0 Å². The first-order chi connectivity index (χ1) is 11.8. The standard InChI is InChI=1S/C18H13Cl3N2O2/c1-9-5-10(2)16(14(21)6-9)23-17(24)15-8-25-18(22-15)11-3-4-12(19)13(20)7-11/h3-8H,1-2H3,(H,23,24). The van der Waals surface area contributed by atoms with Crippen molar-refractivity contribution in [1.29, 1.82) is 0 Å². The molecule has 3 rings (SSSR count). The molecule has 1 N–H and O–H groups in total. The Morgan fingerprint density at radius 1 is 1.04 bits per heavy atom. The molecule has 1 amide bonds. The first kappa shape index (κ1) is 17.8. The van der Waals surface area contributed by atoms with Crippen molar-refractivity contribution >= 4 is 46.4 Å². The summed E-state index contributed by atoms with van der Waals surface area (Å²) in [6.07, 6.45) is 1.28. The van der Waals surface area contributed by atoms with Crippen molar-refractivity contribution in [3.05, 3.63) is 68.5 Å². The fourth-order valence-electron chi connectivity index (χ4n) is 2.39. The molecule has 0 aliphatic rings. The average Bonchev–Trinajstić information content (AvgIpc) is 3.03. The number of carbonyl (C=O) groups is 1. The normalized spacial score (nSPS) is 10.8. The summed E-state index contributed by atoms with van der Waals surface area (Å²) in [5.74, 6) is -0.139. The predicted molar refractivity (Wildman–Crippen MR) is 101 cm³/mol. The Balaban J connectivity index is 1.85. The summed E-state index contributed by atoms with van der Waals surface area (Å²) >= 11 is 18.1. The highest BCUT2D eigenvalue weighted by Gasteiger charge is 2.16. The lowest BCUT2D eigenvalue weighted by Gasteiger charge is -2.10. The van der Waals surface area contributed by atoms with Crippen molar-refractivity contribution < 1.29 is 9.21 Å². The summed E-state index contributed by atoms with van der Waals surface area (Å²) in [5, 5.41) is 4.05. The van der Waals surface area contributed by atoms with Crippen molar-refractivity contribution in [2.45, 2.75) is 13.8 Å². The van der Waals surface area contributed by atoms with E-state index in [1.165, 1.54) is 6.26 Å². The molecule has 0 bridgehead atoms. The minimum absolute atomic E-state index is 0.136. The average molecular weight is 396 g/mol. The number of anilines is 1. The highest BCUT2D eigenvalue weighted by Crippen LogP contribution is 2.29. The Bertz CT molecular complexity index is 944. The van der Waals surface area contributed by atoms with Gasteiger partial charge in [-0.05, 0) is 49.2 Å². The van der Waals surface area contributed by atoms with E-state index in [2.05, 4.69) is 10.3 Å². The maximum Gasteiger partial charge on any atom is 0.277 e. The smallest absolute Gasteiger partial charge is 0.277 e. The van der Waals surface area contributed by atoms with Gasteiger partial charge in [0.2, 0.25) is 5.89 Å². The van der Waals surface area contributed by atoms with Gasteiger partial charge in [-0.1, -0.05) is 40.9 Å². The molecule has 7 heteroatoms. The number of rotatable bonds is 3. The Labute approximate surface area is 159 Å². The Morgan fingerprint density at radius 2 is 1.80 bits per heavy atom. The first-order valence-corrected chi connectivity index (χ1v) is 8.47. The minimum Gasteiger partial charge on any atom is -0.444 e. The molecule has 0 fully saturated rings. The molecule has 1 heterocycles. The number of oxazole rings is 1. The molecule has 0 unspecified atom stereocenters. The number of halogens is 3. The number of nitrogens with one attached hydrogen (secondary N) is 1. The van der Waals surface area contributed by atoms with Crippen LogP contribution in [0.4, 0.5) is 5.69 Å². The summed E-state index contributed by atoms with van der Waals surface area (Å²) in [7, 11) is 0. The lowest BCUT2D eigenvalue weighted by atomic mass is 10.1. The Hall–Kier alpha value is -2.01. The van der Waals surface area contributed by atoms with Crippen LogP contribution >= 0.6 is 34.8 Å². The molecule has 0 aliphatic heterocycles. The van der Waals surface area contributed by atoms with Crippen LogP contribution < -0.4 is 5.32 Å². The van der Waals surface area contributed by atoms with Crippen LogP contribution in [0.3, 0.4) is 0 Å². The topological polar surface area (TPSA) is 55.1 Å². The number of benzene rings is 2. The van der Waals surface area contributed by atoms with E-state index in [0.29, 0.717) is 26.3 Å². The third kappa shape index (κ3) is 3.82. The zero-order valence-corrected chi connectivity index (χ0v) is 15.6. The molecule has 0 aliphatic carbocycles. The third-order valence-corrected chi connectivity index (χ3v) is 4.61. The number of nitrogens with zero attached hydrogens (tertiary/aromatic N) is 1. The van der Waals surface area contributed by atoms with Gasteiger partial charge in [0.05, 0.1) is 20.8 Å². The largest absolute Gasteiger partial charge is 0.444 e. The van der Waals surface area contributed by atoms with Gasteiger partial charge in [0.1, 0.15) is 6.26 Å². The molecule has 0 saturated heterocycles. The van der Waals surface area contributed by atoms with Crippen molar-refractivity contribution in [3.8, 4) is 11.5 Å². The van der Waals surface area contributed by atoms with Crippen molar-refractivity contribution in [2.75, 3.05) is 5.32 Å². The van der Waals surface area contributed by atoms with E-state index in [9.17, 15) is 4.79 Å². The number of aryl methyl sites for hydroxylation is 2. The lowest BCUT2D eigenvalue weighted by molar-refractivity contribution is 0.102. The van der Waals surface area contributed by atoms with Gasteiger partial charge >= 0.3 is 0 Å². The zero-order valence-electron chi connectivity index (χ0n) is 13.4. The van der Waals surface area contributed by atoms with E-state index in [-0.39, 0.29) is 11.6 Å². The number of hydrogen-bond acceptors (Lipinski definition) is 3. The maximum absolute atomic E-state index is 12.4. The number of aromatic nitrogens is 1. The molecule has 0 radical (unpaired) electrons. The van der Waals surface area contributed by atoms with Crippen LogP contribution in [0.2, 0.25) is 15.1 Å². The zero-order chi connectivity index (χ0) is 18.1. The van der Waals surface area contributed by atoms with E-state index < -0.39 is 5.91 Å². The van der Waals surface area contributed by atoms with E-state index in [1.807, 2.05) is 19.9 Å². The van der Waals surface area contributed by atoms with E-state index in [4.69, 9.17) is 39.2 Å². The molecule has 0 saturated carbocycles. The van der Waals surface area contributed by atoms with Crippen LogP contribution in [0.1, 0.15) is 21.6 Å². The Morgan fingerprint density at radius 3 is 2.48 bits per heavy atom. The summed E-state index contributed by atoms with van der Waals surface area (Å²) in [5.41, 5.74) is 3.20. The molecule has 25 heavy (non-hydrogen) atoms. The van der Waals surface area contributed by atoms with Crippen LogP contribution in [-0.2, 0) is 0 Å². The minimum atomic E-state index is -0.413. The fourth-order valence-corrected chi connectivity index (χ4v) is 3.06. The monoisotopic (exact) mass is 394 g/mol. The number of hydrogen-bond donors (Lipinski definition) is 1. The lowest BCUT2D eigenvalue weighted by Crippen LogP contribution is -2.13. The van der Waals surface area contributed by atoms with Crippen molar-refractivity contribution in [3.63, 3.8) is 0 Å². The third-order valence-electron chi connectivity index (χ3n) is 3.57. The SMILES string of the molecule is Cc1cc(C)c(NC(=O)c2coc(-c3ccc(Cl)c(Cl)c3)n2)c(Cl)c1. The van der Waals surface area contributed by atoms with Crippen LogP contribution in [-0.4, -0.2) is 10.9 Å². The van der Waals surface area contributed by atoms with Crippen LogP contribution in [0, 0.1) is 13.8 Å². The second kappa shape index (κ2) is 7.08. The molecule has 0 atom stereocenters. The number of carbonyl (C=O) groups excluding carboxylic acids is 1. The quantitative estimate of drug-likeness (QED) is 0.577. The van der Waals surface area contributed by atoms with Crippen molar-refractivity contribution in [2.24, 2.45) is 0 Å². The van der Waals surface area contributed by atoms with E-state index in [1.54, 1.807) is 24.3 Å². The van der Waals surface area contributed by atoms with Gasteiger partial charge in [0.25, 0.3) is 5.91 Å². The van der Waals surface area contributed by atoms with Gasteiger partial charge in [-0.3, -0.25) is 4.79 Å². The summed E-state index contributed by atoms with van der Waals surface area (Å²) < 4.78 is 5.38. The highest BCUT2D eigenvalue weighted by atomic mass is 35.5. The predicted octanol–water partition coefficient (Wildman–Crippen LogP) is 6.17. The maximum atomic E-state index is 12.4. The van der Waals surface area contributed by atoms with E-state index in [0.717, 1.165) is 11.1 Å². The van der Waals surface area contributed by atoms with Gasteiger partial charge in [-0.25, -0.2) is 4.98 Å². The van der Waals surface area contributed by atoms with Crippen LogP contribution in [0.5, 0.6) is 0 Å².